The summed E-state index contributed by atoms with van der Waals surface area (Å²) in [6.07, 6.45) is 0.561. The predicted molar refractivity (Wildman–Crippen MR) is 88.9 cm³/mol. The lowest BCUT2D eigenvalue weighted by Crippen LogP contribution is -2.39. The van der Waals surface area contributed by atoms with Gasteiger partial charge in [-0.15, -0.1) is 0 Å². The zero-order valence-electron chi connectivity index (χ0n) is 11.9. The van der Waals surface area contributed by atoms with Crippen molar-refractivity contribution in [2.24, 2.45) is 0 Å². The van der Waals surface area contributed by atoms with Gasteiger partial charge in [0.25, 0.3) is 0 Å². The molecule has 120 valence electrons. The molecule has 1 heterocycles. The number of hydrazine groups is 1. The van der Waals surface area contributed by atoms with E-state index in [2.05, 4.69) is 16.2 Å². The first-order valence-corrected chi connectivity index (χ1v) is 7.81. The number of benzene rings is 2. The molecule has 2 aromatic carbocycles. The van der Waals surface area contributed by atoms with Crippen molar-refractivity contribution >= 4 is 34.8 Å². The molecule has 1 saturated heterocycles. The highest BCUT2D eigenvalue weighted by atomic mass is 35.5. The van der Waals surface area contributed by atoms with Crippen LogP contribution in [-0.4, -0.2) is 11.9 Å². The minimum Gasteiger partial charge on any atom is -0.323 e. The molecule has 1 amide bonds. The van der Waals surface area contributed by atoms with Gasteiger partial charge in [-0.1, -0.05) is 35.3 Å². The number of nitrogens with one attached hydrogen (secondary N) is 3. The number of hydrogen-bond acceptors (Lipinski definition) is 3. The number of halogens is 3. The monoisotopic (exact) mass is 353 g/mol. The van der Waals surface area contributed by atoms with E-state index in [0.717, 1.165) is 11.6 Å². The van der Waals surface area contributed by atoms with Gasteiger partial charge in [0.15, 0.2) is 0 Å². The highest BCUT2D eigenvalue weighted by Crippen LogP contribution is 2.26. The van der Waals surface area contributed by atoms with E-state index in [1.807, 2.05) is 18.2 Å². The summed E-state index contributed by atoms with van der Waals surface area (Å²) >= 11 is 11.9. The van der Waals surface area contributed by atoms with E-state index in [9.17, 15) is 9.18 Å². The number of carbonyl (C=O) groups excluding carboxylic acids is 1. The maximum absolute atomic E-state index is 13.0. The molecule has 1 aliphatic heterocycles. The first-order valence-electron chi connectivity index (χ1n) is 7.05. The van der Waals surface area contributed by atoms with Crippen molar-refractivity contribution in [2.75, 3.05) is 5.32 Å². The summed E-state index contributed by atoms with van der Waals surface area (Å²) in [5.74, 6) is -0.690. The molecule has 1 aliphatic rings. The van der Waals surface area contributed by atoms with E-state index in [-0.39, 0.29) is 17.0 Å². The molecule has 0 radical (unpaired) electrons. The third-order valence-corrected chi connectivity index (χ3v) is 4.21. The van der Waals surface area contributed by atoms with E-state index in [0.29, 0.717) is 17.1 Å². The molecule has 0 aromatic heterocycles. The van der Waals surface area contributed by atoms with Gasteiger partial charge in [-0.05, 0) is 42.3 Å². The molecule has 4 nitrogen and oxygen atoms in total. The second-order valence-electron chi connectivity index (χ2n) is 5.30. The molecule has 3 rings (SSSR count). The standard InChI is InChI=1S/C16H14Cl2FN3O/c17-10-3-1-2-9(6-10)14-8-15(22-21-14)16(23)20-13-5-4-11(19)7-12(13)18/h1-7,14-15,21-22H,8H2,(H,20,23). The minimum absolute atomic E-state index is 0.0202. The van der Waals surface area contributed by atoms with Gasteiger partial charge in [-0.3, -0.25) is 4.79 Å². The van der Waals surface area contributed by atoms with E-state index in [1.54, 1.807) is 6.07 Å². The van der Waals surface area contributed by atoms with Crippen LogP contribution in [0.4, 0.5) is 10.1 Å². The Labute approximate surface area is 142 Å². The number of anilines is 1. The Morgan fingerprint density at radius 3 is 2.74 bits per heavy atom. The van der Waals surface area contributed by atoms with Crippen molar-refractivity contribution in [3.8, 4) is 0 Å². The first-order chi connectivity index (χ1) is 11.0. The van der Waals surface area contributed by atoms with Gasteiger partial charge in [-0.2, -0.15) is 0 Å². The summed E-state index contributed by atoms with van der Waals surface area (Å²) in [7, 11) is 0. The average Bonchev–Trinajstić information content (AvgIpc) is 3.00. The predicted octanol–water partition coefficient (Wildman–Crippen LogP) is 3.68. The van der Waals surface area contributed by atoms with E-state index >= 15 is 0 Å². The molecule has 0 spiro atoms. The van der Waals surface area contributed by atoms with Crippen LogP contribution in [0.15, 0.2) is 42.5 Å². The van der Waals surface area contributed by atoms with Gasteiger partial charge in [0.1, 0.15) is 11.9 Å². The Balaban J connectivity index is 1.65. The zero-order chi connectivity index (χ0) is 16.4. The first kappa shape index (κ1) is 16.2. The summed E-state index contributed by atoms with van der Waals surface area (Å²) in [5, 5.41) is 3.51. The molecular weight excluding hydrogens is 340 g/mol. The fourth-order valence-corrected chi connectivity index (χ4v) is 2.89. The second kappa shape index (κ2) is 6.84. The van der Waals surface area contributed by atoms with Gasteiger partial charge in [-0.25, -0.2) is 15.2 Å². The molecule has 0 aliphatic carbocycles. The molecule has 7 heteroatoms. The summed E-state index contributed by atoms with van der Waals surface area (Å²) in [4.78, 5) is 12.3. The lowest BCUT2D eigenvalue weighted by molar-refractivity contribution is -0.117. The Morgan fingerprint density at radius 2 is 2.00 bits per heavy atom. The SMILES string of the molecule is O=C(Nc1ccc(F)cc1Cl)C1CC(c2cccc(Cl)c2)NN1. The summed E-state index contributed by atoms with van der Waals surface area (Å²) < 4.78 is 13.0. The van der Waals surface area contributed by atoms with Crippen LogP contribution < -0.4 is 16.2 Å². The zero-order valence-corrected chi connectivity index (χ0v) is 13.5. The van der Waals surface area contributed by atoms with Crippen molar-refractivity contribution in [1.29, 1.82) is 0 Å². The van der Waals surface area contributed by atoms with Crippen LogP contribution in [0.1, 0.15) is 18.0 Å². The van der Waals surface area contributed by atoms with Crippen LogP contribution in [-0.2, 0) is 4.79 Å². The van der Waals surface area contributed by atoms with Crippen LogP contribution in [0.2, 0.25) is 10.0 Å². The lowest BCUT2D eigenvalue weighted by Gasteiger charge is -2.12. The van der Waals surface area contributed by atoms with E-state index in [1.165, 1.54) is 12.1 Å². The normalized spacial score (nSPS) is 20.5. The van der Waals surface area contributed by atoms with Gasteiger partial charge in [0.05, 0.1) is 10.7 Å². The molecule has 1 fully saturated rings. The Morgan fingerprint density at radius 1 is 1.17 bits per heavy atom. The van der Waals surface area contributed by atoms with Crippen LogP contribution in [0.5, 0.6) is 0 Å². The van der Waals surface area contributed by atoms with Gasteiger partial charge < -0.3 is 5.32 Å². The molecule has 23 heavy (non-hydrogen) atoms. The third-order valence-electron chi connectivity index (χ3n) is 3.66. The maximum atomic E-state index is 13.0. The van der Waals surface area contributed by atoms with Crippen molar-refractivity contribution in [3.05, 3.63) is 63.9 Å². The molecule has 2 unspecified atom stereocenters. The molecule has 0 bridgehead atoms. The van der Waals surface area contributed by atoms with Gasteiger partial charge in [0.2, 0.25) is 5.91 Å². The Hall–Kier alpha value is -1.66. The van der Waals surface area contributed by atoms with Crippen LogP contribution >= 0.6 is 23.2 Å². The van der Waals surface area contributed by atoms with E-state index < -0.39 is 11.9 Å². The van der Waals surface area contributed by atoms with Gasteiger partial charge >= 0.3 is 0 Å². The highest BCUT2D eigenvalue weighted by Gasteiger charge is 2.30. The molecule has 0 saturated carbocycles. The number of carbonyl (C=O) groups is 1. The van der Waals surface area contributed by atoms with Crippen molar-refractivity contribution < 1.29 is 9.18 Å². The molecule has 2 atom stereocenters. The van der Waals surface area contributed by atoms with E-state index in [4.69, 9.17) is 23.2 Å². The largest absolute Gasteiger partial charge is 0.323 e. The fraction of sp³-hybridized carbons (Fsp3) is 0.188. The number of amides is 1. The summed E-state index contributed by atoms with van der Waals surface area (Å²) in [6.45, 7) is 0. The topological polar surface area (TPSA) is 53.2 Å². The number of rotatable bonds is 3. The molecule has 3 N–H and O–H groups in total. The van der Waals surface area contributed by atoms with Crippen molar-refractivity contribution in [1.82, 2.24) is 10.9 Å². The van der Waals surface area contributed by atoms with Crippen LogP contribution in [0, 0.1) is 5.82 Å². The Kier molecular flexibility index (Phi) is 4.82. The summed E-state index contributed by atoms with van der Waals surface area (Å²) in [5.41, 5.74) is 7.41. The van der Waals surface area contributed by atoms with Gasteiger partial charge in [0, 0.05) is 11.1 Å². The van der Waals surface area contributed by atoms with Crippen LogP contribution in [0.3, 0.4) is 0 Å². The Bertz CT molecular complexity index is 741. The average molecular weight is 354 g/mol. The second-order valence-corrected chi connectivity index (χ2v) is 6.14. The quantitative estimate of drug-likeness (QED) is 0.788. The molecule has 2 aromatic rings. The minimum atomic E-state index is -0.449. The lowest BCUT2D eigenvalue weighted by atomic mass is 10.0. The smallest absolute Gasteiger partial charge is 0.242 e. The highest BCUT2D eigenvalue weighted by molar-refractivity contribution is 6.33. The van der Waals surface area contributed by atoms with Crippen molar-refractivity contribution in [2.45, 2.75) is 18.5 Å². The number of hydrogen-bond donors (Lipinski definition) is 3. The maximum Gasteiger partial charge on any atom is 0.242 e. The summed E-state index contributed by atoms with van der Waals surface area (Å²) in [6, 6.07) is 10.9. The fourth-order valence-electron chi connectivity index (χ4n) is 2.48. The van der Waals surface area contributed by atoms with Crippen molar-refractivity contribution in [3.63, 3.8) is 0 Å². The van der Waals surface area contributed by atoms with Crippen LogP contribution in [0.25, 0.3) is 0 Å². The third kappa shape index (κ3) is 3.82. The molecular formula is C16H14Cl2FN3O.